The van der Waals surface area contributed by atoms with E-state index >= 15 is 0 Å². The number of hydrogen-bond acceptors (Lipinski definition) is 5. The molecule has 0 aliphatic carbocycles. The van der Waals surface area contributed by atoms with Crippen LogP contribution < -0.4 is 10.2 Å². The molecule has 5 heteroatoms. The molecular formula is C15H27N5. The highest BCUT2D eigenvalue weighted by atomic mass is 15.2. The zero-order chi connectivity index (χ0) is 14.5. The van der Waals surface area contributed by atoms with Crippen LogP contribution in [0.3, 0.4) is 0 Å². The molecule has 20 heavy (non-hydrogen) atoms. The fourth-order valence-electron chi connectivity index (χ4n) is 3.03. The van der Waals surface area contributed by atoms with E-state index in [2.05, 4.69) is 53.0 Å². The highest BCUT2D eigenvalue weighted by molar-refractivity contribution is 5.58. The Hall–Kier alpha value is -1.36. The van der Waals surface area contributed by atoms with Gasteiger partial charge in [-0.05, 0) is 39.3 Å². The summed E-state index contributed by atoms with van der Waals surface area (Å²) in [6.45, 7) is 8.63. The molecule has 0 spiro atoms. The Bertz CT molecular complexity index is 434. The van der Waals surface area contributed by atoms with E-state index in [1.54, 1.807) is 6.33 Å². The summed E-state index contributed by atoms with van der Waals surface area (Å²) < 4.78 is 0. The third kappa shape index (κ3) is 3.39. The van der Waals surface area contributed by atoms with Crippen molar-refractivity contribution >= 4 is 11.6 Å². The van der Waals surface area contributed by atoms with E-state index in [1.807, 2.05) is 0 Å². The Balaban J connectivity index is 2.12. The molecule has 1 atom stereocenters. The van der Waals surface area contributed by atoms with Gasteiger partial charge in [0.25, 0.3) is 0 Å². The van der Waals surface area contributed by atoms with Crippen LogP contribution in [-0.2, 0) is 6.42 Å². The fourth-order valence-corrected chi connectivity index (χ4v) is 3.03. The van der Waals surface area contributed by atoms with E-state index in [9.17, 15) is 0 Å². The second-order valence-electron chi connectivity index (χ2n) is 5.71. The maximum absolute atomic E-state index is 4.51. The molecule has 1 aliphatic rings. The summed E-state index contributed by atoms with van der Waals surface area (Å²) in [7, 11) is 4.35. The van der Waals surface area contributed by atoms with E-state index in [-0.39, 0.29) is 0 Å². The van der Waals surface area contributed by atoms with Crippen LogP contribution >= 0.6 is 0 Å². The Labute approximate surface area is 122 Å². The SMILES string of the molecule is CCNc1ncnc(N(C)CC2CCN(C)C2)c1CC. The number of rotatable bonds is 6. The molecular weight excluding hydrogens is 250 g/mol. The van der Waals surface area contributed by atoms with Crippen molar-refractivity contribution in [1.29, 1.82) is 0 Å². The van der Waals surface area contributed by atoms with Crippen molar-refractivity contribution in [3.63, 3.8) is 0 Å². The summed E-state index contributed by atoms with van der Waals surface area (Å²) in [4.78, 5) is 13.6. The van der Waals surface area contributed by atoms with E-state index in [0.29, 0.717) is 0 Å². The molecule has 1 aliphatic heterocycles. The van der Waals surface area contributed by atoms with Crippen LogP contribution in [0.2, 0.25) is 0 Å². The van der Waals surface area contributed by atoms with Crippen LogP contribution in [0.1, 0.15) is 25.8 Å². The van der Waals surface area contributed by atoms with Crippen molar-refractivity contribution in [2.24, 2.45) is 5.92 Å². The molecule has 0 bridgehead atoms. The van der Waals surface area contributed by atoms with Crippen LogP contribution in [0.15, 0.2) is 6.33 Å². The van der Waals surface area contributed by atoms with Crippen LogP contribution in [0.5, 0.6) is 0 Å². The average molecular weight is 277 g/mol. The van der Waals surface area contributed by atoms with Gasteiger partial charge in [-0.1, -0.05) is 6.92 Å². The normalized spacial score (nSPS) is 19.3. The van der Waals surface area contributed by atoms with E-state index in [1.165, 1.54) is 25.1 Å². The molecule has 1 unspecified atom stereocenters. The second kappa shape index (κ2) is 6.88. The van der Waals surface area contributed by atoms with Gasteiger partial charge in [-0.15, -0.1) is 0 Å². The minimum atomic E-state index is 0.743. The lowest BCUT2D eigenvalue weighted by Crippen LogP contribution is -2.29. The zero-order valence-electron chi connectivity index (χ0n) is 13.2. The predicted molar refractivity (Wildman–Crippen MR) is 84.4 cm³/mol. The third-order valence-corrected chi connectivity index (χ3v) is 4.00. The summed E-state index contributed by atoms with van der Waals surface area (Å²) >= 11 is 0. The standard InChI is InChI=1S/C15H27N5/c1-5-13-14(16-6-2)17-11-18-15(13)20(4)10-12-7-8-19(3)9-12/h11-12H,5-10H2,1-4H3,(H,16,17,18). The van der Waals surface area contributed by atoms with Crippen LogP contribution in [-0.4, -0.2) is 55.1 Å². The average Bonchev–Trinajstić information content (AvgIpc) is 2.84. The number of hydrogen-bond donors (Lipinski definition) is 1. The van der Waals surface area contributed by atoms with Crippen molar-refractivity contribution in [2.45, 2.75) is 26.7 Å². The molecule has 2 heterocycles. The summed E-state index contributed by atoms with van der Waals surface area (Å²) in [5.74, 6) is 2.80. The highest BCUT2D eigenvalue weighted by Crippen LogP contribution is 2.25. The summed E-state index contributed by atoms with van der Waals surface area (Å²) in [6, 6.07) is 0. The van der Waals surface area contributed by atoms with Gasteiger partial charge < -0.3 is 15.1 Å². The van der Waals surface area contributed by atoms with Crippen molar-refractivity contribution in [1.82, 2.24) is 14.9 Å². The number of nitrogens with zero attached hydrogens (tertiary/aromatic N) is 4. The molecule has 112 valence electrons. The number of aromatic nitrogens is 2. The van der Waals surface area contributed by atoms with E-state index in [0.717, 1.165) is 37.1 Å². The predicted octanol–water partition coefficient (Wildman–Crippen LogP) is 1.86. The molecule has 0 radical (unpaired) electrons. The molecule has 1 aromatic rings. The number of anilines is 2. The van der Waals surface area contributed by atoms with Gasteiger partial charge in [0.2, 0.25) is 0 Å². The molecule has 0 amide bonds. The molecule has 1 aromatic heterocycles. The van der Waals surface area contributed by atoms with Crippen LogP contribution in [0.25, 0.3) is 0 Å². The Morgan fingerprint density at radius 3 is 2.80 bits per heavy atom. The summed E-state index contributed by atoms with van der Waals surface area (Å²) in [6.07, 6.45) is 3.91. The summed E-state index contributed by atoms with van der Waals surface area (Å²) in [5, 5.41) is 3.34. The zero-order valence-corrected chi connectivity index (χ0v) is 13.2. The fraction of sp³-hybridized carbons (Fsp3) is 0.733. The highest BCUT2D eigenvalue weighted by Gasteiger charge is 2.22. The van der Waals surface area contributed by atoms with Crippen LogP contribution in [0.4, 0.5) is 11.6 Å². The molecule has 2 rings (SSSR count). The number of nitrogens with one attached hydrogen (secondary N) is 1. The number of likely N-dealkylation sites (tertiary alicyclic amines) is 1. The van der Waals surface area contributed by atoms with Crippen molar-refractivity contribution in [3.8, 4) is 0 Å². The Morgan fingerprint density at radius 2 is 2.20 bits per heavy atom. The van der Waals surface area contributed by atoms with Gasteiger partial charge >= 0.3 is 0 Å². The first-order valence-electron chi connectivity index (χ1n) is 7.63. The smallest absolute Gasteiger partial charge is 0.137 e. The van der Waals surface area contributed by atoms with Crippen molar-refractivity contribution in [3.05, 3.63) is 11.9 Å². The van der Waals surface area contributed by atoms with Crippen molar-refractivity contribution in [2.75, 3.05) is 50.5 Å². The van der Waals surface area contributed by atoms with Gasteiger partial charge in [-0.3, -0.25) is 0 Å². The monoisotopic (exact) mass is 277 g/mol. The third-order valence-electron chi connectivity index (χ3n) is 4.00. The lowest BCUT2D eigenvalue weighted by molar-refractivity contribution is 0.395. The minimum Gasteiger partial charge on any atom is -0.370 e. The topological polar surface area (TPSA) is 44.3 Å². The lowest BCUT2D eigenvalue weighted by Gasteiger charge is -2.25. The van der Waals surface area contributed by atoms with E-state index < -0.39 is 0 Å². The maximum Gasteiger partial charge on any atom is 0.137 e. The first-order valence-corrected chi connectivity index (χ1v) is 7.63. The lowest BCUT2D eigenvalue weighted by atomic mass is 10.1. The van der Waals surface area contributed by atoms with Crippen LogP contribution in [0, 0.1) is 5.92 Å². The van der Waals surface area contributed by atoms with Gasteiger partial charge in [0, 0.05) is 32.2 Å². The molecule has 5 nitrogen and oxygen atoms in total. The van der Waals surface area contributed by atoms with Crippen molar-refractivity contribution < 1.29 is 0 Å². The summed E-state index contributed by atoms with van der Waals surface area (Å²) in [5.41, 5.74) is 1.23. The van der Waals surface area contributed by atoms with E-state index in [4.69, 9.17) is 0 Å². The largest absolute Gasteiger partial charge is 0.370 e. The van der Waals surface area contributed by atoms with Gasteiger partial charge in [0.15, 0.2) is 0 Å². The van der Waals surface area contributed by atoms with Gasteiger partial charge in [0.1, 0.15) is 18.0 Å². The minimum absolute atomic E-state index is 0.743. The molecule has 0 saturated carbocycles. The van der Waals surface area contributed by atoms with Gasteiger partial charge in [-0.25, -0.2) is 9.97 Å². The molecule has 1 fully saturated rings. The van der Waals surface area contributed by atoms with Gasteiger partial charge in [-0.2, -0.15) is 0 Å². The molecule has 0 aromatic carbocycles. The van der Waals surface area contributed by atoms with Gasteiger partial charge in [0.05, 0.1) is 0 Å². The first kappa shape index (κ1) is 15.0. The molecule has 1 N–H and O–H groups in total. The Morgan fingerprint density at radius 1 is 1.40 bits per heavy atom. The maximum atomic E-state index is 4.51. The molecule has 1 saturated heterocycles. The first-order chi connectivity index (χ1) is 9.65. The second-order valence-corrected chi connectivity index (χ2v) is 5.71. The quantitative estimate of drug-likeness (QED) is 0.860. The Kier molecular flexibility index (Phi) is 5.17.